The zero-order chi connectivity index (χ0) is 12.0. The molecular weight excluding hydrogens is 275 g/mol. The maximum Gasteiger partial charge on any atom is 0.224 e. The fourth-order valence-corrected chi connectivity index (χ4v) is 1.47. The molecule has 0 atom stereocenters. The van der Waals surface area contributed by atoms with Crippen LogP contribution in [-0.4, -0.2) is 12.5 Å². The zero-order valence-electron chi connectivity index (χ0n) is 8.80. The van der Waals surface area contributed by atoms with Gasteiger partial charge in [0.25, 0.3) is 0 Å². The van der Waals surface area contributed by atoms with Crippen LogP contribution in [0.2, 0.25) is 0 Å². The molecule has 0 spiro atoms. The number of hydrogen-bond acceptors (Lipinski definition) is 2. The second-order valence-corrected chi connectivity index (χ2v) is 4.28. The van der Waals surface area contributed by atoms with E-state index in [0.717, 1.165) is 12.8 Å². The topological polar surface area (TPSA) is 55.1 Å². The van der Waals surface area contributed by atoms with E-state index in [2.05, 4.69) is 21.2 Å². The van der Waals surface area contributed by atoms with Gasteiger partial charge >= 0.3 is 0 Å². The van der Waals surface area contributed by atoms with Gasteiger partial charge in [-0.15, -0.1) is 0 Å². The third kappa shape index (κ3) is 4.28. The summed E-state index contributed by atoms with van der Waals surface area (Å²) in [7, 11) is 0. The predicted octanol–water partition coefficient (Wildman–Crippen LogP) is 2.66. The highest BCUT2D eigenvalue weighted by atomic mass is 79.9. The number of halogens is 2. The summed E-state index contributed by atoms with van der Waals surface area (Å²) in [6, 6.07) is 4.49. The molecule has 0 fully saturated rings. The Morgan fingerprint density at radius 2 is 2.19 bits per heavy atom. The molecule has 0 saturated carbocycles. The van der Waals surface area contributed by atoms with E-state index in [1.165, 1.54) is 6.07 Å². The van der Waals surface area contributed by atoms with Crippen LogP contribution in [0.25, 0.3) is 0 Å². The lowest BCUT2D eigenvalue weighted by Gasteiger charge is -2.05. The molecule has 0 saturated heterocycles. The molecule has 0 aromatic heterocycles. The Labute approximate surface area is 102 Å². The van der Waals surface area contributed by atoms with E-state index in [1.54, 1.807) is 12.1 Å². The fourth-order valence-electron chi connectivity index (χ4n) is 1.23. The number of carbonyl (C=O) groups excluding carboxylic acids is 1. The molecule has 3 N–H and O–H groups in total. The molecule has 88 valence electrons. The summed E-state index contributed by atoms with van der Waals surface area (Å²) in [5, 5.41) is 2.63. The van der Waals surface area contributed by atoms with Gasteiger partial charge in [0, 0.05) is 12.1 Å². The van der Waals surface area contributed by atoms with Gasteiger partial charge in [-0.25, -0.2) is 4.39 Å². The molecule has 16 heavy (non-hydrogen) atoms. The second kappa shape index (κ2) is 6.60. The number of carbonyl (C=O) groups is 1. The molecule has 1 rings (SSSR count). The number of nitrogens with one attached hydrogen (secondary N) is 1. The van der Waals surface area contributed by atoms with E-state index in [0.29, 0.717) is 23.1 Å². The Kier molecular flexibility index (Phi) is 5.42. The molecule has 0 unspecified atom stereocenters. The van der Waals surface area contributed by atoms with Crippen molar-refractivity contribution < 1.29 is 9.18 Å². The number of rotatable bonds is 5. The summed E-state index contributed by atoms with van der Waals surface area (Å²) in [5.41, 5.74) is 5.79. The van der Waals surface area contributed by atoms with Gasteiger partial charge in [-0.2, -0.15) is 0 Å². The molecule has 0 aliphatic heterocycles. The molecular formula is C11H14BrFN2O. The van der Waals surface area contributed by atoms with Gasteiger partial charge in [-0.05, 0) is 53.5 Å². The highest BCUT2D eigenvalue weighted by Gasteiger charge is 2.04. The minimum absolute atomic E-state index is 0.116. The highest BCUT2D eigenvalue weighted by Crippen LogP contribution is 2.19. The van der Waals surface area contributed by atoms with E-state index in [-0.39, 0.29) is 11.7 Å². The molecule has 1 aromatic carbocycles. The third-order valence-electron chi connectivity index (χ3n) is 2.06. The molecule has 0 bridgehead atoms. The first-order valence-corrected chi connectivity index (χ1v) is 5.87. The molecule has 0 aliphatic carbocycles. The summed E-state index contributed by atoms with van der Waals surface area (Å²) >= 11 is 3.05. The number of nitrogens with two attached hydrogens (primary N) is 1. The van der Waals surface area contributed by atoms with Crippen LogP contribution in [0.15, 0.2) is 22.7 Å². The Balaban J connectivity index is 2.46. The Morgan fingerprint density at radius 1 is 1.44 bits per heavy atom. The maximum absolute atomic E-state index is 13.1. The molecule has 0 heterocycles. The normalized spacial score (nSPS) is 10.2. The van der Waals surface area contributed by atoms with Gasteiger partial charge in [0.2, 0.25) is 5.91 Å². The van der Waals surface area contributed by atoms with Crippen molar-refractivity contribution in [1.29, 1.82) is 0 Å². The predicted molar refractivity (Wildman–Crippen MR) is 65.6 cm³/mol. The van der Waals surface area contributed by atoms with Crippen LogP contribution in [0, 0.1) is 5.82 Å². The van der Waals surface area contributed by atoms with Gasteiger partial charge in [0.1, 0.15) is 5.82 Å². The van der Waals surface area contributed by atoms with Crippen LogP contribution in [0.4, 0.5) is 10.1 Å². The van der Waals surface area contributed by atoms with Gasteiger partial charge in [0.15, 0.2) is 0 Å². The largest absolute Gasteiger partial charge is 0.330 e. The number of unbranched alkanes of at least 4 members (excludes halogenated alkanes) is 1. The average molecular weight is 289 g/mol. The number of benzene rings is 1. The molecule has 0 aliphatic rings. The molecule has 0 radical (unpaired) electrons. The molecule has 1 amide bonds. The lowest BCUT2D eigenvalue weighted by atomic mass is 10.2. The Hall–Kier alpha value is -0.940. The zero-order valence-corrected chi connectivity index (χ0v) is 10.4. The lowest BCUT2D eigenvalue weighted by molar-refractivity contribution is -0.116. The standard InChI is InChI=1S/C11H14BrFN2O/c12-9-5-4-8(7-10(9)13)15-11(16)3-1-2-6-14/h4-5,7H,1-3,6,14H2,(H,15,16). The number of amides is 1. The van der Waals surface area contributed by atoms with Crippen LogP contribution in [-0.2, 0) is 4.79 Å². The molecule has 5 heteroatoms. The van der Waals surface area contributed by atoms with Crippen molar-refractivity contribution in [3.05, 3.63) is 28.5 Å². The first-order valence-electron chi connectivity index (χ1n) is 5.08. The Bertz CT molecular complexity index is 371. The van der Waals surface area contributed by atoms with Crippen molar-refractivity contribution in [3.63, 3.8) is 0 Å². The van der Waals surface area contributed by atoms with Crippen molar-refractivity contribution in [2.45, 2.75) is 19.3 Å². The summed E-state index contributed by atoms with van der Waals surface area (Å²) in [4.78, 5) is 11.4. The summed E-state index contributed by atoms with van der Waals surface area (Å²) in [6.45, 7) is 0.584. The summed E-state index contributed by atoms with van der Waals surface area (Å²) < 4.78 is 13.5. The summed E-state index contributed by atoms with van der Waals surface area (Å²) in [6.07, 6.45) is 1.98. The van der Waals surface area contributed by atoms with E-state index >= 15 is 0 Å². The lowest BCUT2D eigenvalue weighted by Crippen LogP contribution is -2.12. The smallest absolute Gasteiger partial charge is 0.224 e. The van der Waals surface area contributed by atoms with Crippen LogP contribution < -0.4 is 11.1 Å². The van der Waals surface area contributed by atoms with Crippen molar-refractivity contribution in [3.8, 4) is 0 Å². The maximum atomic E-state index is 13.1. The van der Waals surface area contributed by atoms with Crippen LogP contribution in [0.1, 0.15) is 19.3 Å². The average Bonchev–Trinajstić information content (AvgIpc) is 2.24. The fraction of sp³-hybridized carbons (Fsp3) is 0.364. The molecule has 3 nitrogen and oxygen atoms in total. The van der Waals surface area contributed by atoms with Crippen molar-refractivity contribution in [1.82, 2.24) is 0 Å². The van der Waals surface area contributed by atoms with E-state index in [1.807, 2.05) is 0 Å². The monoisotopic (exact) mass is 288 g/mol. The number of hydrogen-bond donors (Lipinski definition) is 2. The van der Waals surface area contributed by atoms with Crippen LogP contribution in [0.5, 0.6) is 0 Å². The van der Waals surface area contributed by atoms with E-state index < -0.39 is 0 Å². The minimum Gasteiger partial charge on any atom is -0.330 e. The second-order valence-electron chi connectivity index (χ2n) is 3.42. The minimum atomic E-state index is -0.389. The first-order chi connectivity index (χ1) is 7.63. The van der Waals surface area contributed by atoms with E-state index in [4.69, 9.17) is 5.73 Å². The SMILES string of the molecule is NCCCCC(=O)Nc1ccc(Br)c(F)c1. The van der Waals surface area contributed by atoms with Crippen LogP contribution in [0.3, 0.4) is 0 Å². The Morgan fingerprint density at radius 3 is 2.81 bits per heavy atom. The molecule has 1 aromatic rings. The van der Waals surface area contributed by atoms with Crippen LogP contribution >= 0.6 is 15.9 Å². The van der Waals surface area contributed by atoms with Crippen molar-refractivity contribution in [2.75, 3.05) is 11.9 Å². The van der Waals surface area contributed by atoms with Crippen molar-refractivity contribution in [2.24, 2.45) is 5.73 Å². The van der Waals surface area contributed by atoms with E-state index in [9.17, 15) is 9.18 Å². The first kappa shape index (κ1) is 13.1. The van der Waals surface area contributed by atoms with Gasteiger partial charge < -0.3 is 11.1 Å². The quantitative estimate of drug-likeness (QED) is 0.819. The third-order valence-corrected chi connectivity index (χ3v) is 2.70. The summed E-state index contributed by atoms with van der Waals surface area (Å²) in [5.74, 6) is -0.505. The highest BCUT2D eigenvalue weighted by molar-refractivity contribution is 9.10. The van der Waals surface area contributed by atoms with Gasteiger partial charge in [-0.3, -0.25) is 4.79 Å². The number of anilines is 1. The van der Waals surface area contributed by atoms with Crippen molar-refractivity contribution >= 4 is 27.5 Å². The van der Waals surface area contributed by atoms with Gasteiger partial charge in [0.05, 0.1) is 4.47 Å². The van der Waals surface area contributed by atoms with Gasteiger partial charge in [-0.1, -0.05) is 0 Å².